The molecule has 0 aliphatic heterocycles. The van der Waals surface area contributed by atoms with Crippen molar-refractivity contribution in [2.24, 2.45) is 0 Å². The number of carbonyl (C=O) groups is 1. The summed E-state index contributed by atoms with van der Waals surface area (Å²) in [6.45, 7) is 6.19. The maximum Gasteiger partial charge on any atom is 0.126 e. The van der Waals surface area contributed by atoms with Gasteiger partial charge < -0.3 is 10.1 Å². The highest BCUT2D eigenvalue weighted by Crippen LogP contribution is 1.50. The molecule has 50 valence electrons. The van der Waals surface area contributed by atoms with E-state index in [2.05, 4.69) is 12.2 Å². The molecule has 0 saturated heterocycles. The van der Waals surface area contributed by atoms with Crippen molar-refractivity contribution in [2.75, 3.05) is 13.6 Å². The third-order valence-electron chi connectivity index (χ3n) is 0.354. The van der Waals surface area contributed by atoms with Gasteiger partial charge in [0.25, 0.3) is 0 Å². The number of rotatable bonds is 1. The highest BCUT2D eigenvalue weighted by Gasteiger charge is 1.62. The highest BCUT2D eigenvalue weighted by atomic mass is 16.1. The first-order valence-corrected chi connectivity index (χ1v) is 2.76. The highest BCUT2D eigenvalue weighted by molar-refractivity contribution is 5.72. The van der Waals surface area contributed by atoms with Crippen molar-refractivity contribution in [3.63, 3.8) is 0 Å². The van der Waals surface area contributed by atoms with Crippen LogP contribution in [0.2, 0.25) is 0 Å². The van der Waals surface area contributed by atoms with Crippen LogP contribution in [-0.4, -0.2) is 19.4 Å². The first kappa shape index (κ1) is 10.6. The molecule has 2 heteroatoms. The van der Waals surface area contributed by atoms with Crippen molar-refractivity contribution in [2.45, 2.75) is 20.8 Å². The molecular formula is C6H15NO. The van der Waals surface area contributed by atoms with Crippen LogP contribution in [0.15, 0.2) is 0 Å². The summed E-state index contributed by atoms with van der Waals surface area (Å²) in [5, 5.41) is 2.93. The molecule has 0 spiro atoms. The molecule has 0 atom stereocenters. The van der Waals surface area contributed by atoms with Gasteiger partial charge in [0.2, 0.25) is 0 Å². The van der Waals surface area contributed by atoms with Gasteiger partial charge in [-0.2, -0.15) is 0 Å². The van der Waals surface area contributed by atoms with E-state index in [1.54, 1.807) is 0 Å². The van der Waals surface area contributed by atoms with Crippen molar-refractivity contribution in [1.82, 2.24) is 5.32 Å². The van der Waals surface area contributed by atoms with E-state index in [0.29, 0.717) is 0 Å². The van der Waals surface area contributed by atoms with Crippen LogP contribution in [0.4, 0.5) is 0 Å². The fourth-order valence-electron chi connectivity index (χ4n) is 0. The van der Waals surface area contributed by atoms with E-state index in [0.717, 1.165) is 6.54 Å². The van der Waals surface area contributed by atoms with Gasteiger partial charge >= 0.3 is 0 Å². The minimum atomic E-state index is 0.167. The summed E-state index contributed by atoms with van der Waals surface area (Å²) in [6.07, 6.45) is 0. The van der Waals surface area contributed by atoms with Gasteiger partial charge in [0.15, 0.2) is 0 Å². The predicted molar refractivity (Wildman–Crippen MR) is 36.0 cm³/mol. The smallest absolute Gasteiger partial charge is 0.126 e. The normalized spacial score (nSPS) is 7.00. The molecule has 8 heavy (non-hydrogen) atoms. The molecule has 0 fully saturated rings. The Bertz CT molecular complexity index is 46.5. The van der Waals surface area contributed by atoms with E-state index in [9.17, 15) is 4.79 Å². The molecule has 0 aromatic carbocycles. The quantitative estimate of drug-likeness (QED) is 0.551. The summed E-state index contributed by atoms with van der Waals surface area (Å²) in [5.74, 6) is 0.167. The van der Waals surface area contributed by atoms with Gasteiger partial charge in [0.05, 0.1) is 0 Å². The maximum atomic E-state index is 9.44. The van der Waals surface area contributed by atoms with Crippen molar-refractivity contribution in [1.29, 1.82) is 0 Å². The molecule has 0 aromatic rings. The Morgan fingerprint density at radius 1 is 1.50 bits per heavy atom. The Labute approximate surface area is 51.3 Å². The Hall–Kier alpha value is -0.370. The molecule has 0 aliphatic carbocycles. The average Bonchev–Trinajstić information content (AvgIpc) is 1.65. The van der Waals surface area contributed by atoms with E-state index in [1.165, 1.54) is 13.8 Å². The molecule has 0 aromatic heterocycles. The fourth-order valence-corrected chi connectivity index (χ4v) is 0. The minimum absolute atomic E-state index is 0.167. The lowest BCUT2D eigenvalue weighted by Gasteiger charge is -1.76. The van der Waals surface area contributed by atoms with Gasteiger partial charge in [-0.3, -0.25) is 0 Å². The lowest BCUT2D eigenvalue weighted by molar-refractivity contribution is -0.114. The molecule has 0 rings (SSSR count). The van der Waals surface area contributed by atoms with Gasteiger partial charge in [0, 0.05) is 0 Å². The van der Waals surface area contributed by atoms with Crippen LogP contribution in [-0.2, 0) is 4.79 Å². The minimum Gasteiger partial charge on any atom is -0.320 e. The first-order chi connectivity index (χ1) is 3.65. The standard InChI is InChI=1S/C3H9N.C3H6O/c1-3-4-2;1-3(2)4/h4H,3H2,1-2H3;1-2H3. The molecule has 2 nitrogen and oxygen atoms in total. The maximum absolute atomic E-state index is 9.44. The topological polar surface area (TPSA) is 29.1 Å². The van der Waals surface area contributed by atoms with Crippen molar-refractivity contribution in [3.8, 4) is 0 Å². The van der Waals surface area contributed by atoms with Crippen LogP contribution in [0.5, 0.6) is 0 Å². The number of hydrogen-bond acceptors (Lipinski definition) is 2. The lowest BCUT2D eigenvalue weighted by Crippen LogP contribution is -2.01. The SMILES string of the molecule is CC(C)=O.CCNC. The molecule has 0 unspecified atom stereocenters. The largest absolute Gasteiger partial charge is 0.320 e. The third kappa shape index (κ3) is 304. The summed E-state index contributed by atoms with van der Waals surface area (Å²) in [4.78, 5) is 9.44. The van der Waals surface area contributed by atoms with Crippen LogP contribution in [0.25, 0.3) is 0 Å². The van der Waals surface area contributed by atoms with Crippen LogP contribution < -0.4 is 5.32 Å². The number of Topliss-reactive ketones (excluding diaryl/α,β-unsaturated/α-hetero) is 1. The van der Waals surface area contributed by atoms with Crippen LogP contribution >= 0.6 is 0 Å². The van der Waals surface area contributed by atoms with Crippen LogP contribution in [0.1, 0.15) is 20.8 Å². The third-order valence-corrected chi connectivity index (χ3v) is 0.354. The lowest BCUT2D eigenvalue weighted by atomic mass is 10.6. The van der Waals surface area contributed by atoms with E-state index in [-0.39, 0.29) is 5.78 Å². The first-order valence-electron chi connectivity index (χ1n) is 2.76. The second-order valence-electron chi connectivity index (χ2n) is 1.62. The summed E-state index contributed by atoms with van der Waals surface area (Å²) in [5.41, 5.74) is 0. The zero-order valence-corrected chi connectivity index (χ0v) is 6.12. The Morgan fingerprint density at radius 2 is 1.62 bits per heavy atom. The predicted octanol–water partition coefficient (Wildman–Crippen LogP) is 0.821. The van der Waals surface area contributed by atoms with Crippen molar-refractivity contribution < 1.29 is 4.79 Å². The van der Waals surface area contributed by atoms with E-state index in [1.807, 2.05) is 7.05 Å². The van der Waals surface area contributed by atoms with Crippen molar-refractivity contribution in [3.05, 3.63) is 0 Å². The second-order valence-corrected chi connectivity index (χ2v) is 1.62. The van der Waals surface area contributed by atoms with Gasteiger partial charge in [-0.25, -0.2) is 0 Å². The summed E-state index contributed by atoms with van der Waals surface area (Å²) in [6, 6.07) is 0. The number of hydrogen-bond donors (Lipinski definition) is 1. The summed E-state index contributed by atoms with van der Waals surface area (Å²) in [7, 11) is 1.93. The van der Waals surface area contributed by atoms with E-state index >= 15 is 0 Å². The van der Waals surface area contributed by atoms with E-state index < -0.39 is 0 Å². The van der Waals surface area contributed by atoms with E-state index in [4.69, 9.17) is 0 Å². The Morgan fingerprint density at radius 3 is 1.62 bits per heavy atom. The van der Waals surface area contributed by atoms with Gasteiger partial charge in [0.1, 0.15) is 5.78 Å². The Kier molecular flexibility index (Phi) is 13.0. The molecule has 0 amide bonds. The zero-order valence-electron chi connectivity index (χ0n) is 6.12. The molecule has 0 radical (unpaired) electrons. The zero-order chi connectivity index (χ0) is 6.99. The van der Waals surface area contributed by atoms with Gasteiger partial charge in [-0.05, 0) is 27.4 Å². The number of nitrogens with one attached hydrogen (secondary N) is 1. The fraction of sp³-hybridized carbons (Fsp3) is 0.833. The monoisotopic (exact) mass is 117 g/mol. The van der Waals surface area contributed by atoms with Crippen LogP contribution in [0, 0.1) is 0 Å². The van der Waals surface area contributed by atoms with Gasteiger partial charge in [-0.15, -0.1) is 0 Å². The number of ketones is 1. The molecular weight excluding hydrogens is 102 g/mol. The molecule has 1 N–H and O–H groups in total. The molecule has 0 saturated carbocycles. The number of carbonyl (C=O) groups excluding carboxylic acids is 1. The second kappa shape index (κ2) is 9.80. The van der Waals surface area contributed by atoms with Crippen LogP contribution in [0.3, 0.4) is 0 Å². The molecule has 0 bridgehead atoms. The molecule has 0 aliphatic rings. The van der Waals surface area contributed by atoms with Gasteiger partial charge in [-0.1, -0.05) is 6.92 Å². The Balaban J connectivity index is 0. The summed E-state index contributed by atoms with van der Waals surface area (Å²) >= 11 is 0. The van der Waals surface area contributed by atoms with Crippen molar-refractivity contribution >= 4 is 5.78 Å². The molecule has 0 heterocycles. The summed E-state index contributed by atoms with van der Waals surface area (Å²) < 4.78 is 0. The average molecular weight is 117 g/mol.